The molecular weight excluding hydrogens is 422 g/mol. The standard InChI is InChI=1S/C25H23N3O3S/c1-17(29)26-15-18-8-10-20(11-9-18)24(30)28(16-19-6-4-3-5-7-19)25-27-22-13-12-21(31-2)14-23(22)32-25/h3-14H,15-16H2,1-2H3,(H,26,29). The van der Waals surface area contributed by atoms with Crippen molar-refractivity contribution >= 4 is 38.5 Å². The summed E-state index contributed by atoms with van der Waals surface area (Å²) in [5.41, 5.74) is 3.32. The summed E-state index contributed by atoms with van der Waals surface area (Å²) in [7, 11) is 1.63. The Balaban J connectivity index is 1.66. The molecule has 0 aliphatic heterocycles. The minimum absolute atomic E-state index is 0.0911. The summed E-state index contributed by atoms with van der Waals surface area (Å²) in [6.45, 7) is 2.31. The van der Waals surface area contributed by atoms with E-state index in [1.807, 2.05) is 60.7 Å². The van der Waals surface area contributed by atoms with Crippen LogP contribution in [-0.4, -0.2) is 23.9 Å². The average Bonchev–Trinajstić information content (AvgIpc) is 3.24. The monoisotopic (exact) mass is 445 g/mol. The number of aromatic nitrogens is 1. The number of ether oxygens (including phenoxy) is 1. The van der Waals surface area contributed by atoms with Crippen molar-refractivity contribution in [3.8, 4) is 5.75 Å². The first-order valence-corrected chi connectivity index (χ1v) is 11.0. The van der Waals surface area contributed by atoms with E-state index >= 15 is 0 Å². The highest BCUT2D eigenvalue weighted by Gasteiger charge is 2.22. The van der Waals surface area contributed by atoms with Crippen LogP contribution in [0.2, 0.25) is 0 Å². The van der Waals surface area contributed by atoms with E-state index in [9.17, 15) is 9.59 Å². The summed E-state index contributed by atoms with van der Waals surface area (Å²) in [6.07, 6.45) is 0. The SMILES string of the molecule is COc1ccc2nc(N(Cc3ccccc3)C(=O)c3ccc(CNC(C)=O)cc3)sc2c1. The molecule has 0 aliphatic rings. The van der Waals surface area contributed by atoms with Crippen molar-refractivity contribution in [3.05, 3.63) is 89.5 Å². The summed E-state index contributed by atoms with van der Waals surface area (Å²) in [4.78, 5) is 31.1. The molecule has 32 heavy (non-hydrogen) atoms. The van der Waals surface area contributed by atoms with Crippen molar-refractivity contribution in [2.75, 3.05) is 12.0 Å². The number of rotatable bonds is 7. The van der Waals surface area contributed by atoms with E-state index < -0.39 is 0 Å². The minimum atomic E-state index is -0.133. The number of carbonyl (C=O) groups is 2. The average molecular weight is 446 g/mol. The van der Waals surface area contributed by atoms with E-state index in [1.54, 1.807) is 24.1 Å². The van der Waals surface area contributed by atoms with E-state index in [1.165, 1.54) is 18.3 Å². The molecule has 2 amide bonds. The molecule has 0 radical (unpaired) electrons. The lowest BCUT2D eigenvalue weighted by molar-refractivity contribution is -0.119. The molecule has 0 saturated carbocycles. The Morgan fingerprint density at radius 3 is 2.44 bits per heavy atom. The van der Waals surface area contributed by atoms with Crippen LogP contribution < -0.4 is 15.0 Å². The van der Waals surface area contributed by atoms with Crippen LogP contribution in [0.5, 0.6) is 5.75 Å². The molecule has 0 aliphatic carbocycles. The van der Waals surface area contributed by atoms with Crippen LogP contribution in [-0.2, 0) is 17.9 Å². The third kappa shape index (κ3) is 4.95. The van der Waals surface area contributed by atoms with Crippen LogP contribution >= 0.6 is 11.3 Å². The Kier molecular flexibility index (Phi) is 6.47. The number of hydrogen-bond donors (Lipinski definition) is 1. The number of benzene rings is 3. The van der Waals surface area contributed by atoms with Crippen LogP contribution in [0.1, 0.15) is 28.4 Å². The number of fused-ring (bicyclic) bond motifs is 1. The summed E-state index contributed by atoms with van der Waals surface area (Å²) >= 11 is 1.46. The molecule has 162 valence electrons. The molecule has 7 heteroatoms. The number of nitrogens with one attached hydrogen (secondary N) is 1. The van der Waals surface area contributed by atoms with Crippen LogP contribution in [0.4, 0.5) is 5.13 Å². The van der Waals surface area contributed by atoms with Crippen molar-refractivity contribution in [1.82, 2.24) is 10.3 Å². The third-order valence-corrected chi connectivity index (χ3v) is 6.03. The maximum atomic E-state index is 13.5. The predicted octanol–water partition coefficient (Wildman–Crippen LogP) is 4.79. The van der Waals surface area contributed by atoms with Gasteiger partial charge >= 0.3 is 0 Å². The fraction of sp³-hybridized carbons (Fsp3) is 0.160. The predicted molar refractivity (Wildman–Crippen MR) is 127 cm³/mol. The molecular formula is C25H23N3O3S. The molecule has 0 unspecified atom stereocenters. The Morgan fingerprint density at radius 1 is 1.00 bits per heavy atom. The second-order valence-corrected chi connectivity index (χ2v) is 8.32. The third-order valence-electron chi connectivity index (χ3n) is 4.99. The zero-order valence-corrected chi connectivity index (χ0v) is 18.7. The maximum Gasteiger partial charge on any atom is 0.260 e. The van der Waals surface area contributed by atoms with Crippen LogP contribution in [0, 0.1) is 0 Å². The van der Waals surface area contributed by atoms with Gasteiger partial charge in [-0.05, 0) is 41.5 Å². The lowest BCUT2D eigenvalue weighted by atomic mass is 10.1. The smallest absolute Gasteiger partial charge is 0.260 e. The molecule has 1 N–H and O–H groups in total. The van der Waals surface area contributed by atoms with Gasteiger partial charge in [0.2, 0.25) is 5.91 Å². The minimum Gasteiger partial charge on any atom is -0.497 e. The van der Waals surface area contributed by atoms with Gasteiger partial charge in [0.25, 0.3) is 5.91 Å². The van der Waals surface area contributed by atoms with Crippen LogP contribution in [0.15, 0.2) is 72.8 Å². The van der Waals surface area contributed by atoms with Gasteiger partial charge in [0.1, 0.15) is 5.75 Å². The number of amides is 2. The van der Waals surface area contributed by atoms with Crippen molar-refractivity contribution in [1.29, 1.82) is 0 Å². The lowest BCUT2D eigenvalue weighted by Crippen LogP contribution is -2.30. The number of thiazole rings is 1. The zero-order valence-electron chi connectivity index (χ0n) is 17.9. The van der Waals surface area contributed by atoms with Crippen molar-refractivity contribution < 1.29 is 14.3 Å². The Labute approximate surface area is 190 Å². The second-order valence-electron chi connectivity index (χ2n) is 7.31. The van der Waals surface area contributed by atoms with E-state index in [2.05, 4.69) is 5.32 Å². The van der Waals surface area contributed by atoms with Crippen molar-refractivity contribution in [2.24, 2.45) is 0 Å². The van der Waals surface area contributed by atoms with Gasteiger partial charge in [-0.3, -0.25) is 14.5 Å². The highest BCUT2D eigenvalue weighted by atomic mass is 32.1. The summed E-state index contributed by atoms with van der Waals surface area (Å²) in [6, 6.07) is 22.8. The van der Waals surface area contributed by atoms with Gasteiger partial charge in [0.15, 0.2) is 5.13 Å². The van der Waals surface area contributed by atoms with Gasteiger partial charge < -0.3 is 10.1 Å². The Hall–Kier alpha value is -3.71. The van der Waals surface area contributed by atoms with E-state index in [0.29, 0.717) is 23.8 Å². The topological polar surface area (TPSA) is 71.5 Å². The van der Waals surface area contributed by atoms with Gasteiger partial charge in [-0.2, -0.15) is 0 Å². The maximum absolute atomic E-state index is 13.5. The van der Waals surface area contributed by atoms with E-state index in [4.69, 9.17) is 9.72 Å². The lowest BCUT2D eigenvalue weighted by Gasteiger charge is -2.20. The summed E-state index contributed by atoms with van der Waals surface area (Å²) in [5, 5.41) is 3.39. The van der Waals surface area contributed by atoms with Crippen LogP contribution in [0.25, 0.3) is 10.2 Å². The van der Waals surface area contributed by atoms with Crippen LogP contribution in [0.3, 0.4) is 0 Å². The number of anilines is 1. The molecule has 1 heterocycles. The largest absolute Gasteiger partial charge is 0.497 e. The first-order valence-electron chi connectivity index (χ1n) is 10.2. The molecule has 4 rings (SSSR count). The summed E-state index contributed by atoms with van der Waals surface area (Å²) < 4.78 is 6.28. The number of methoxy groups -OCH3 is 1. The molecule has 0 fully saturated rings. The normalized spacial score (nSPS) is 10.7. The van der Waals surface area contributed by atoms with Crippen molar-refractivity contribution in [3.63, 3.8) is 0 Å². The zero-order chi connectivity index (χ0) is 22.5. The Morgan fingerprint density at radius 2 is 1.75 bits per heavy atom. The molecule has 3 aromatic carbocycles. The molecule has 1 aromatic heterocycles. The molecule has 6 nitrogen and oxygen atoms in total. The molecule has 0 atom stereocenters. The second kappa shape index (κ2) is 9.62. The molecule has 0 spiro atoms. The first kappa shape index (κ1) is 21.5. The molecule has 4 aromatic rings. The highest BCUT2D eigenvalue weighted by molar-refractivity contribution is 7.22. The van der Waals surface area contributed by atoms with Gasteiger partial charge in [-0.15, -0.1) is 0 Å². The number of hydrogen-bond acceptors (Lipinski definition) is 5. The first-order chi connectivity index (χ1) is 15.5. The van der Waals surface area contributed by atoms with Gasteiger partial charge in [0, 0.05) is 19.0 Å². The number of nitrogens with zero attached hydrogens (tertiary/aromatic N) is 2. The van der Waals surface area contributed by atoms with Gasteiger partial charge in [-0.1, -0.05) is 53.8 Å². The van der Waals surface area contributed by atoms with Gasteiger partial charge in [0.05, 0.1) is 23.9 Å². The number of carbonyl (C=O) groups excluding carboxylic acids is 2. The fourth-order valence-electron chi connectivity index (χ4n) is 3.28. The fourth-order valence-corrected chi connectivity index (χ4v) is 4.27. The highest BCUT2D eigenvalue weighted by Crippen LogP contribution is 2.33. The van der Waals surface area contributed by atoms with Gasteiger partial charge in [-0.25, -0.2) is 4.98 Å². The van der Waals surface area contributed by atoms with E-state index in [-0.39, 0.29) is 11.8 Å². The van der Waals surface area contributed by atoms with Crippen molar-refractivity contribution in [2.45, 2.75) is 20.0 Å². The molecule has 0 saturated heterocycles. The summed E-state index contributed by atoms with van der Waals surface area (Å²) in [5.74, 6) is 0.529. The van der Waals surface area contributed by atoms with E-state index in [0.717, 1.165) is 27.1 Å². The quantitative estimate of drug-likeness (QED) is 0.444. The Bertz CT molecular complexity index is 1240. The molecule has 0 bridgehead atoms.